The second-order valence-corrected chi connectivity index (χ2v) is 4.99. The maximum absolute atomic E-state index is 5.58. The van der Waals surface area contributed by atoms with Crippen molar-refractivity contribution in [2.24, 2.45) is 0 Å². The molecule has 2 aromatic heterocycles. The zero-order valence-corrected chi connectivity index (χ0v) is 11.8. The van der Waals surface area contributed by atoms with Crippen molar-refractivity contribution in [3.63, 3.8) is 0 Å². The van der Waals surface area contributed by atoms with Crippen LogP contribution in [0.1, 0.15) is 30.0 Å². The second-order valence-electron chi connectivity index (χ2n) is 4.99. The highest BCUT2D eigenvalue weighted by atomic mass is 16.3. The van der Waals surface area contributed by atoms with E-state index in [0.717, 1.165) is 28.2 Å². The van der Waals surface area contributed by atoms with Gasteiger partial charge in [0.2, 0.25) is 0 Å². The summed E-state index contributed by atoms with van der Waals surface area (Å²) in [6, 6.07) is 8.27. The van der Waals surface area contributed by atoms with E-state index in [1.165, 1.54) is 5.56 Å². The molecule has 0 aliphatic heterocycles. The van der Waals surface area contributed by atoms with E-state index in [9.17, 15) is 0 Å². The molecular weight excluding hydrogens is 250 g/mol. The number of fused-ring (bicyclic) bond motifs is 1. The minimum atomic E-state index is 0.182. The van der Waals surface area contributed by atoms with Crippen molar-refractivity contribution in [2.45, 2.75) is 26.8 Å². The minimum Gasteiger partial charge on any atom is -0.466 e. The summed E-state index contributed by atoms with van der Waals surface area (Å²) in [4.78, 5) is 8.59. The van der Waals surface area contributed by atoms with Gasteiger partial charge in [0, 0.05) is 23.6 Å². The van der Waals surface area contributed by atoms with E-state index in [0.29, 0.717) is 0 Å². The van der Waals surface area contributed by atoms with Gasteiger partial charge in [-0.15, -0.1) is 0 Å². The van der Waals surface area contributed by atoms with E-state index in [2.05, 4.69) is 28.3 Å². The van der Waals surface area contributed by atoms with Crippen molar-refractivity contribution in [3.8, 4) is 0 Å². The molecule has 0 saturated heterocycles. The van der Waals surface area contributed by atoms with Gasteiger partial charge in [-0.1, -0.05) is 0 Å². The van der Waals surface area contributed by atoms with Crippen molar-refractivity contribution in [1.82, 2.24) is 9.97 Å². The number of rotatable bonds is 3. The van der Waals surface area contributed by atoms with Crippen molar-refractivity contribution in [3.05, 3.63) is 53.7 Å². The maximum atomic E-state index is 5.58. The van der Waals surface area contributed by atoms with Crippen LogP contribution >= 0.6 is 0 Å². The predicted octanol–water partition coefficient (Wildman–Crippen LogP) is 4.01. The molecule has 0 aliphatic rings. The Morgan fingerprint density at radius 2 is 1.80 bits per heavy atom. The highest BCUT2D eigenvalue weighted by Crippen LogP contribution is 2.25. The Balaban J connectivity index is 1.87. The van der Waals surface area contributed by atoms with Crippen molar-refractivity contribution < 1.29 is 4.42 Å². The third-order valence-electron chi connectivity index (χ3n) is 3.40. The van der Waals surface area contributed by atoms with Crippen LogP contribution in [0.2, 0.25) is 0 Å². The number of aryl methyl sites for hydroxylation is 2. The Morgan fingerprint density at radius 1 is 1.05 bits per heavy atom. The third-order valence-corrected chi connectivity index (χ3v) is 3.40. The fourth-order valence-corrected chi connectivity index (χ4v) is 2.46. The molecule has 1 atom stereocenters. The Kier molecular flexibility index (Phi) is 3.14. The first-order chi connectivity index (χ1) is 9.63. The number of furan rings is 1. The number of hydrogen-bond acceptors (Lipinski definition) is 4. The smallest absolute Gasteiger partial charge is 0.106 e. The number of anilines is 1. The van der Waals surface area contributed by atoms with Gasteiger partial charge in [-0.2, -0.15) is 0 Å². The van der Waals surface area contributed by atoms with E-state index < -0.39 is 0 Å². The summed E-state index contributed by atoms with van der Waals surface area (Å²) in [5.41, 5.74) is 4.01. The lowest BCUT2D eigenvalue weighted by molar-refractivity contribution is 0.500. The van der Waals surface area contributed by atoms with Crippen molar-refractivity contribution >= 4 is 16.7 Å². The van der Waals surface area contributed by atoms with Gasteiger partial charge in [-0.25, -0.2) is 0 Å². The molecule has 0 bridgehead atoms. The summed E-state index contributed by atoms with van der Waals surface area (Å²) in [6.07, 6.45) is 3.41. The third kappa shape index (κ3) is 2.37. The summed E-state index contributed by atoms with van der Waals surface area (Å²) in [7, 11) is 0. The van der Waals surface area contributed by atoms with Gasteiger partial charge >= 0.3 is 0 Å². The van der Waals surface area contributed by atoms with E-state index in [4.69, 9.17) is 4.42 Å². The molecule has 0 amide bonds. The van der Waals surface area contributed by atoms with Gasteiger partial charge in [0.25, 0.3) is 0 Å². The lowest BCUT2D eigenvalue weighted by Gasteiger charge is -2.14. The van der Waals surface area contributed by atoms with Crippen LogP contribution < -0.4 is 5.32 Å². The molecule has 0 fully saturated rings. The van der Waals surface area contributed by atoms with Crippen LogP contribution in [0.5, 0.6) is 0 Å². The predicted molar refractivity (Wildman–Crippen MR) is 79.8 cm³/mol. The Morgan fingerprint density at radius 3 is 2.50 bits per heavy atom. The second kappa shape index (κ2) is 4.96. The van der Waals surface area contributed by atoms with Crippen LogP contribution in [0.15, 0.2) is 41.1 Å². The monoisotopic (exact) mass is 267 g/mol. The highest BCUT2D eigenvalue weighted by Gasteiger charge is 2.12. The maximum Gasteiger partial charge on any atom is 0.106 e. The zero-order valence-electron chi connectivity index (χ0n) is 11.8. The van der Waals surface area contributed by atoms with Crippen LogP contribution in [0, 0.1) is 13.8 Å². The lowest BCUT2D eigenvalue weighted by atomic mass is 10.1. The molecule has 20 heavy (non-hydrogen) atoms. The normalized spacial score (nSPS) is 12.6. The zero-order chi connectivity index (χ0) is 14.1. The molecule has 3 aromatic rings. The largest absolute Gasteiger partial charge is 0.466 e. The number of hydrogen-bond donors (Lipinski definition) is 1. The molecule has 1 aromatic carbocycles. The molecule has 0 radical (unpaired) electrons. The number of benzene rings is 1. The van der Waals surface area contributed by atoms with Crippen LogP contribution in [-0.4, -0.2) is 9.97 Å². The Bertz CT molecular complexity index is 748. The van der Waals surface area contributed by atoms with Crippen molar-refractivity contribution in [2.75, 3.05) is 5.32 Å². The molecule has 1 N–H and O–H groups in total. The molecular formula is C16H17N3O. The van der Waals surface area contributed by atoms with E-state index in [-0.39, 0.29) is 6.04 Å². The van der Waals surface area contributed by atoms with Gasteiger partial charge in [0.1, 0.15) is 11.5 Å². The van der Waals surface area contributed by atoms with Gasteiger partial charge in [-0.3, -0.25) is 9.97 Å². The molecule has 1 unspecified atom stereocenters. The first kappa shape index (κ1) is 12.7. The van der Waals surface area contributed by atoms with Crippen LogP contribution in [0.25, 0.3) is 11.0 Å². The summed E-state index contributed by atoms with van der Waals surface area (Å²) >= 11 is 0. The van der Waals surface area contributed by atoms with Gasteiger partial charge in [0.15, 0.2) is 0 Å². The molecule has 3 rings (SSSR count). The van der Waals surface area contributed by atoms with E-state index >= 15 is 0 Å². The number of nitrogens with zero attached hydrogens (tertiary/aromatic N) is 2. The average Bonchev–Trinajstić information content (AvgIpc) is 2.78. The summed E-state index contributed by atoms with van der Waals surface area (Å²) in [5, 5.41) is 3.48. The highest BCUT2D eigenvalue weighted by molar-refractivity contribution is 5.78. The average molecular weight is 267 g/mol. The number of nitrogens with one attached hydrogen (secondary N) is 1. The van der Waals surface area contributed by atoms with Crippen LogP contribution in [-0.2, 0) is 0 Å². The SMILES string of the molecule is Cc1cc(C(C)Nc2ccc3nccnc3c2)c(C)o1. The minimum absolute atomic E-state index is 0.182. The van der Waals surface area contributed by atoms with Gasteiger partial charge < -0.3 is 9.73 Å². The molecule has 4 nitrogen and oxygen atoms in total. The molecule has 102 valence electrons. The van der Waals surface area contributed by atoms with Gasteiger partial charge in [-0.05, 0) is 45.0 Å². The van der Waals surface area contributed by atoms with E-state index in [1.54, 1.807) is 12.4 Å². The van der Waals surface area contributed by atoms with E-state index in [1.807, 2.05) is 32.0 Å². The van der Waals surface area contributed by atoms with Gasteiger partial charge in [0.05, 0.1) is 17.1 Å². The quantitative estimate of drug-likeness (QED) is 0.779. The first-order valence-electron chi connectivity index (χ1n) is 6.68. The molecule has 0 saturated carbocycles. The molecule has 2 heterocycles. The first-order valence-corrected chi connectivity index (χ1v) is 6.68. The summed E-state index contributed by atoms with van der Waals surface area (Å²) in [6.45, 7) is 6.08. The Hall–Kier alpha value is -2.36. The standard InChI is InChI=1S/C16H17N3O/c1-10-8-14(12(3)20-10)11(2)19-13-4-5-15-16(9-13)18-7-6-17-15/h4-9,11,19H,1-3H3. The molecule has 4 heteroatoms. The molecule has 0 aliphatic carbocycles. The van der Waals surface area contributed by atoms with Crippen LogP contribution in [0.4, 0.5) is 5.69 Å². The summed E-state index contributed by atoms with van der Waals surface area (Å²) < 4.78 is 5.58. The van der Waals surface area contributed by atoms with Crippen LogP contribution in [0.3, 0.4) is 0 Å². The Labute approximate surface area is 117 Å². The fraction of sp³-hybridized carbons (Fsp3) is 0.250. The molecule has 0 spiro atoms. The number of aromatic nitrogens is 2. The topological polar surface area (TPSA) is 51.0 Å². The lowest BCUT2D eigenvalue weighted by Crippen LogP contribution is -2.06. The fourth-order valence-electron chi connectivity index (χ4n) is 2.46. The summed E-state index contributed by atoms with van der Waals surface area (Å²) in [5.74, 6) is 1.90. The van der Waals surface area contributed by atoms with Crippen molar-refractivity contribution in [1.29, 1.82) is 0 Å².